The molecule has 0 aromatic heterocycles. The summed E-state index contributed by atoms with van der Waals surface area (Å²) in [5, 5.41) is 7.39. The number of hydrogen-bond acceptors (Lipinski definition) is 2. The lowest BCUT2D eigenvalue weighted by Crippen LogP contribution is -2.56. The maximum atomic E-state index is 13.0. The molecule has 0 aliphatic carbocycles. The van der Waals surface area contributed by atoms with Crippen molar-refractivity contribution in [1.82, 2.24) is 10.6 Å². The number of amides is 1. The van der Waals surface area contributed by atoms with Crippen molar-refractivity contribution in [2.45, 2.75) is 103 Å². The molecule has 2 aromatic carbocycles. The van der Waals surface area contributed by atoms with E-state index in [1.54, 1.807) is 0 Å². The highest BCUT2D eigenvalue weighted by Gasteiger charge is 2.41. The monoisotopic (exact) mass is 462 g/mol. The van der Waals surface area contributed by atoms with Crippen LogP contribution in [0.25, 0.3) is 0 Å². The Labute approximate surface area is 208 Å². The predicted octanol–water partition coefficient (Wildman–Crippen LogP) is 7.75. The van der Waals surface area contributed by atoms with Gasteiger partial charge in [-0.2, -0.15) is 0 Å². The van der Waals surface area contributed by atoms with Crippen molar-refractivity contribution in [2.75, 3.05) is 0 Å². The second kappa shape index (κ2) is 14.3. The van der Waals surface area contributed by atoms with Gasteiger partial charge in [0.05, 0.1) is 0 Å². The lowest BCUT2D eigenvalue weighted by atomic mass is 9.73. The number of benzene rings is 2. The summed E-state index contributed by atoms with van der Waals surface area (Å²) in [6, 6.07) is 21.9. The third-order valence-electron chi connectivity index (χ3n) is 7.70. The zero-order valence-electron chi connectivity index (χ0n) is 21.6. The van der Waals surface area contributed by atoms with Gasteiger partial charge in [-0.15, -0.1) is 0 Å². The largest absolute Gasteiger partial charge is 0.353 e. The van der Waals surface area contributed by atoms with Crippen LogP contribution in [0.3, 0.4) is 0 Å². The molecule has 4 atom stereocenters. The van der Waals surface area contributed by atoms with Crippen molar-refractivity contribution in [1.29, 1.82) is 0 Å². The average molecular weight is 463 g/mol. The van der Waals surface area contributed by atoms with Gasteiger partial charge in [-0.25, -0.2) is 0 Å². The third-order valence-corrected chi connectivity index (χ3v) is 7.70. The second-order valence-corrected chi connectivity index (χ2v) is 10.3. The fourth-order valence-electron chi connectivity index (χ4n) is 5.63. The second-order valence-electron chi connectivity index (χ2n) is 10.3. The molecular weight excluding hydrogens is 416 g/mol. The highest BCUT2D eigenvalue weighted by atomic mass is 16.1. The number of hydrogen-bond donors (Lipinski definition) is 2. The SMILES string of the molecule is CCCCCCCCCCCC(=O)NC1C(C)C(c2ccccc2)NC(c2ccccc2)C1C. The fraction of sp³-hybridized carbons (Fsp3) is 0.581. The minimum atomic E-state index is 0.141. The number of rotatable bonds is 13. The van der Waals surface area contributed by atoms with Crippen LogP contribution in [0.2, 0.25) is 0 Å². The molecule has 186 valence electrons. The molecule has 0 saturated carbocycles. The van der Waals surface area contributed by atoms with Gasteiger partial charge in [0.1, 0.15) is 0 Å². The minimum Gasteiger partial charge on any atom is -0.353 e. The van der Waals surface area contributed by atoms with Gasteiger partial charge in [0, 0.05) is 24.5 Å². The molecule has 1 fully saturated rings. The first kappa shape index (κ1) is 26.5. The Kier molecular flexibility index (Phi) is 11.1. The molecular formula is C31H46N2O. The number of unbranched alkanes of at least 4 members (excludes halogenated alkanes) is 8. The summed E-state index contributed by atoms with van der Waals surface area (Å²) >= 11 is 0. The van der Waals surface area contributed by atoms with Gasteiger partial charge in [0.15, 0.2) is 0 Å². The van der Waals surface area contributed by atoms with Crippen LogP contribution in [-0.4, -0.2) is 11.9 Å². The average Bonchev–Trinajstić information content (AvgIpc) is 2.87. The molecule has 0 spiro atoms. The molecule has 2 N–H and O–H groups in total. The molecule has 3 nitrogen and oxygen atoms in total. The van der Waals surface area contributed by atoms with E-state index in [0.29, 0.717) is 18.3 Å². The standard InChI is InChI=1S/C31H46N2O/c1-4-5-6-7-8-9-10-11-18-23-28(34)32-29-24(2)30(26-19-14-12-15-20-26)33-31(25(29)3)27-21-16-13-17-22-27/h12-17,19-22,24-25,29-31,33H,4-11,18,23H2,1-3H3,(H,32,34). The Bertz CT molecular complexity index is 770. The smallest absolute Gasteiger partial charge is 0.220 e. The van der Waals surface area contributed by atoms with Crippen molar-refractivity contribution in [3.05, 3.63) is 71.8 Å². The fourth-order valence-corrected chi connectivity index (χ4v) is 5.63. The zero-order chi connectivity index (χ0) is 24.2. The zero-order valence-corrected chi connectivity index (χ0v) is 21.6. The Morgan fingerprint density at radius 3 is 1.62 bits per heavy atom. The summed E-state index contributed by atoms with van der Waals surface area (Å²) in [7, 11) is 0. The van der Waals surface area contributed by atoms with Crippen molar-refractivity contribution < 1.29 is 4.79 Å². The van der Waals surface area contributed by atoms with Gasteiger partial charge >= 0.3 is 0 Å². The van der Waals surface area contributed by atoms with Crippen molar-refractivity contribution in [3.8, 4) is 0 Å². The summed E-state index contributed by atoms with van der Waals surface area (Å²) in [5.74, 6) is 0.834. The van der Waals surface area contributed by atoms with E-state index in [2.05, 4.69) is 92.1 Å². The van der Waals surface area contributed by atoms with Crippen molar-refractivity contribution in [3.63, 3.8) is 0 Å². The Morgan fingerprint density at radius 2 is 1.15 bits per heavy atom. The lowest BCUT2D eigenvalue weighted by Gasteiger charge is -2.46. The molecule has 0 bridgehead atoms. The normalized spacial score (nSPS) is 24.6. The molecule has 1 heterocycles. The Hall–Kier alpha value is -2.13. The molecule has 1 aliphatic heterocycles. The number of piperidine rings is 1. The Balaban J connectivity index is 1.56. The molecule has 0 radical (unpaired) electrons. The van der Waals surface area contributed by atoms with Gasteiger partial charge in [0.25, 0.3) is 0 Å². The molecule has 3 heteroatoms. The molecule has 34 heavy (non-hydrogen) atoms. The van der Waals surface area contributed by atoms with E-state index in [4.69, 9.17) is 0 Å². The highest BCUT2D eigenvalue weighted by Crippen LogP contribution is 2.40. The summed E-state index contributed by atoms with van der Waals surface area (Å²) in [5.41, 5.74) is 2.59. The molecule has 1 amide bonds. The summed E-state index contributed by atoms with van der Waals surface area (Å²) in [4.78, 5) is 13.0. The highest BCUT2D eigenvalue weighted by molar-refractivity contribution is 5.76. The summed E-state index contributed by atoms with van der Waals surface area (Å²) in [6.45, 7) is 6.83. The van der Waals surface area contributed by atoms with Gasteiger partial charge in [-0.3, -0.25) is 4.79 Å². The molecule has 2 aromatic rings. The van der Waals surface area contributed by atoms with Crippen LogP contribution in [0.5, 0.6) is 0 Å². The number of carbonyl (C=O) groups is 1. The molecule has 1 saturated heterocycles. The van der Waals surface area contributed by atoms with E-state index < -0.39 is 0 Å². The minimum absolute atomic E-state index is 0.141. The topological polar surface area (TPSA) is 41.1 Å². The van der Waals surface area contributed by atoms with E-state index in [9.17, 15) is 4.79 Å². The van der Waals surface area contributed by atoms with Crippen LogP contribution >= 0.6 is 0 Å². The van der Waals surface area contributed by atoms with Crippen molar-refractivity contribution in [2.24, 2.45) is 11.8 Å². The van der Waals surface area contributed by atoms with Crippen LogP contribution in [0.1, 0.15) is 108 Å². The van der Waals surface area contributed by atoms with Crippen LogP contribution < -0.4 is 10.6 Å². The van der Waals surface area contributed by atoms with Gasteiger partial charge in [0.2, 0.25) is 5.91 Å². The first-order valence-electron chi connectivity index (χ1n) is 13.8. The molecule has 1 aliphatic rings. The van der Waals surface area contributed by atoms with E-state index >= 15 is 0 Å². The van der Waals surface area contributed by atoms with Crippen LogP contribution in [-0.2, 0) is 4.79 Å². The first-order chi connectivity index (χ1) is 16.6. The van der Waals surface area contributed by atoms with Crippen LogP contribution in [0, 0.1) is 11.8 Å². The summed E-state index contributed by atoms with van der Waals surface area (Å²) < 4.78 is 0. The van der Waals surface area contributed by atoms with E-state index in [1.165, 1.54) is 56.1 Å². The maximum Gasteiger partial charge on any atom is 0.220 e. The first-order valence-corrected chi connectivity index (χ1v) is 13.8. The van der Waals surface area contributed by atoms with Gasteiger partial charge in [-0.1, -0.05) is 133 Å². The molecule has 3 rings (SSSR count). The number of nitrogens with one attached hydrogen (secondary N) is 2. The van der Waals surface area contributed by atoms with Gasteiger partial charge < -0.3 is 10.6 Å². The molecule has 4 unspecified atom stereocenters. The van der Waals surface area contributed by atoms with Crippen LogP contribution in [0.4, 0.5) is 0 Å². The third kappa shape index (κ3) is 7.70. The summed E-state index contributed by atoms with van der Waals surface area (Å²) in [6.07, 6.45) is 12.1. The Morgan fingerprint density at radius 1 is 0.706 bits per heavy atom. The lowest BCUT2D eigenvalue weighted by molar-refractivity contribution is -0.123. The predicted molar refractivity (Wildman–Crippen MR) is 144 cm³/mol. The van der Waals surface area contributed by atoms with Crippen molar-refractivity contribution >= 4 is 5.91 Å². The van der Waals surface area contributed by atoms with Gasteiger partial charge in [-0.05, 0) is 29.4 Å². The maximum absolute atomic E-state index is 13.0. The van der Waals surface area contributed by atoms with E-state index in [0.717, 1.165) is 12.8 Å². The van der Waals surface area contributed by atoms with Crippen LogP contribution in [0.15, 0.2) is 60.7 Å². The number of carbonyl (C=O) groups excluding carboxylic acids is 1. The quantitative estimate of drug-likeness (QED) is 0.299. The van der Waals surface area contributed by atoms with E-state index in [1.807, 2.05) is 0 Å². The van der Waals surface area contributed by atoms with E-state index in [-0.39, 0.29) is 24.0 Å².